The number of halogens is 3. The van der Waals surface area contributed by atoms with Crippen LogP contribution < -0.4 is 19.1 Å². The third-order valence-electron chi connectivity index (χ3n) is 7.76. The van der Waals surface area contributed by atoms with E-state index >= 15 is 0 Å². The molecular formula is C32H36Cl2FN3O6S. The highest BCUT2D eigenvalue weighted by Crippen LogP contribution is 2.33. The van der Waals surface area contributed by atoms with Crippen molar-refractivity contribution >= 4 is 50.7 Å². The van der Waals surface area contributed by atoms with Crippen molar-refractivity contribution in [2.24, 2.45) is 0 Å². The van der Waals surface area contributed by atoms with Gasteiger partial charge in [0, 0.05) is 18.7 Å². The van der Waals surface area contributed by atoms with E-state index in [-0.39, 0.29) is 46.3 Å². The molecule has 1 N–H and O–H groups in total. The van der Waals surface area contributed by atoms with Crippen LogP contribution in [-0.2, 0) is 26.2 Å². The van der Waals surface area contributed by atoms with E-state index < -0.39 is 34.3 Å². The fraction of sp³-hybridized carbons (Fsp3) is 0.375. The Kier molecular flexibility index (Phi) is 11.6. The molecule has 1 fully saturated rings. The van der Waals surface area contributed by atoms with Gasteiger partial charge in [-0.05, 0) is 73.4 Å². The monoisotopic (exact) mass is 679 g/mol. The van der Waals surface area contributed by atoms with E-state index in [1.807, 2.05) is 0 Å². The van der Waals surface area contributed by atoms with E-state index in [1.165, 1.54) is 49.5 Å². The van der Waals surface area contributed by atoms with Crippen molar-refractivity contribution in [1.82, 2.24) is 10.2 Å². The Bertz CT molecular complexity index is 1620. The van der Waals surface area contributed by atoms with Crippen molar-refractivity contribution in [3.8, 4) is 11.5 Å². The van der Waals surface area contributed by atoms with Crippen LogP contribution in [0.1, 0.15) is 44.6 Å². The number of hydrogen-bond donors (Lipinski definition) is 1. The standard InChI is InChI=1S/C32H36Cl2FN3O6S/c1-4-28(32(40)36-23-7-5-6-8-23)37(19-21-9-15-26(33)27(34)17-21)31(39)20-38(24-12-10-22(35)11-13-24)45(41,42)25-14-16-29(43-2)30(18-25)44-3/h9-18,23,28H,4-8,19-20H2,1-3H3,(H,36,40). The zero-order valence-electron chi connectivity index (χ0n) is 25.3. The minimum Gasteiger partial charge on any atom is -0.493 e. The average molecular weight is 681 g/mol. The van der Waals surface area contributed by atoms with Crippen LogP contribution in [0, 0.1) is 5.82 Å². The summed E-state index contributed by atoms with van der Waals surface area (Å²) in [5, 5.41) is 3.66. The zero-order valence-corrected chi connectivity index (χ0v) is 27.6. The van der Waals surface area contributed by atoms with Crippen LogP contribution in [0.2, 0.25) is 10.0 Å². The Morgan fingerprint density at radius 2 is 1.62 bits per heavy atom. The quantitative estimate of drug-likeness (QED) is 0.230. The second kappa shape index (κ2) is 15.2. The topological polar surface area (TPSA) is 105 Å². The molecule has 0 spiro atoms. The van der Waals surface area contributed by atoms with Crippen molar-refractivity contribution in [3.05, 3.63) is 82.1 Å². The molecule has 45 heavy (non-hydrogen) atoms. The summed E-state index contributed by atoms with van der Waals surface area (Å²) in [6, 6.07) is 12.8. The van der Waals surface area contributed by atoms with Crippen LogP contribution in [0.4, 0.5) is 10.1 Å². The molecule has 1 unspecified atom stereocenters. The number of sulfonamides is 1. The van der Waals surface area contributed by atoms with E-state index in [9.17, 15) is 22.4 Å². The van der Waals surface area contributed by atoms with E-state index in [4.69, 9.17) is 32.7 Å². The number of nitrogens with one attached hydrogen (secondary N) is 1. The summed E-state index contributed by atoms with van der Waals surface area (Å²) >= 11 is 12.4. The highest BCUT2D eigenvalue weighted by atomic mass is 35.5. The molecule has 0 bridgehead atoms. The smallest absolute Gasteiger partial charge is 0.264 e. The minimum absolute atomic E-state index is 0.00891. The summed E-state index contributed by atoms with van der Waals surface area (Å²) < 4.78 is 53.6. The van der Waals surface area contributed by atoms with Crippen LogP contribution in [0.5, 0.6) is 11.5 Å². The van der Waals surface area contributed by atoms with E-state index in [2.05, 4.69) is 5.32 Å². The molecule has 0 aliphatic heterocycles. The molecule has 2 amide bonds. The molecule has 13 heteroatoms. The molecule has 0 saturated heterocycles. The number of carbonyl (C=O) groups is 2. The van der Waals surface area contributed by atoms with Crippen molar-refractivity contribution < 1.29 is 31.9 Å². The fourth-order valence-electron chi connectivity index (χ4n) is 5.36. The van der Waals surface area contributed by atoms with Gasteiger partial charge in [-0.25, -0.2) is 12.8 Å². The molecule has 0 radical (unpaired) electrons. The van der Waals surface area contributed by atoms with Crippen molar-refractivity contribution in [2.75, 3.05) is 25.1 Å². The van der Waals surface area contributed by atoms with Gasteiger partial charge in [-0.1, -0.05) is 49.0 Å². The number of nitrogens with zero attached hydrogens (tertiary/aromatic N) is 2. The summed E-state index contributed by atoms with van der Waals surface area (Å²) in [4.78, 5) is 29.0. The highest BCUT2D eigenvalue weighted by molar-refractivity contribution is 7.92. The fourth-order valence-corrected chi connectivity index (χ4v) is 7.11. The molecule has 3 aromatic rings. The minimum atomic E-state index is -4.42. The first-order valence-corrected chi connectivity index (χ1v) is 16.7. The summed E-state index contributed by atoms with van der Waals surface area (Å²) in [6.45, 7) is 1.06. The SMILES string of the molecule is CCC(C(=O)NC1CCCC1)N(Cc1ccc(Cl)c(Cl)c1)C(=O)CN(c1ccc(F)cc1)S(=O)(=O)c1ccc(OC)c(OC)c1. The van der Waals surface area contributed by atoms with Gasteiger partial charge in [0.2, 0.25) is 11.8 Å². The molecule has 1 saturated carbocycles. The predicted molar refractivity (Wildman–Crippen MR) is 172 cm³/mol. The maximum absolute atomic E-state index is 14.3. The molecule has 1 aliphatic rings. The summed E-state index contributed by atoms with van der Waals surface area (Å²) in [5.41, 5.74) is 0.651. The molecule has 3 aromatic carbocycles. The Morgan fingerprint density at radius 1 is 0.956 bits per heavy atom. The van der Waals surface area contributed by atoms with Gasteiger partial charge in [0.05, 0.1) is 34.8 Å². The van der Waals surface area contributed by atoms with Gasteiger partial charge in [-0.2, -0.15) is 0 Å². The van der Waals surface area contributed by atoms with Crippen molar-refractivity contribution in [2.45, 2.75) is 62.6 Å². The summed E-state index contributed by atoms with van der Waals surface area (Å²) in [6.07, 6.45) is 3.99. The maximum atomic E-state index is 14.3. The van der Waals surface area contributed by atoms with Crippen molar-refractivity contribution in [1.29, 1.82) is 0 Å². The van der Waals surface area contributed by atoms with Crippen LogP contribution in [0.3, 0.4) is 0 Å². The Morgan fingerprint density at radius 3 is 2.22 bits per heavy atom. The number of anilines is 1. The maximum Gasteiger partial charge on any atom is 0.264 e. The van der Waals surface area contributed by atoms with Gasteiger partial charge >= 0.3 is 0 Å². The lowest BCUT2D eigenvalue weighted by molar-refractivity contribution is -0.140. The van der Waals surface area contributed by atoms with Crippen LogP contribution in [0.15, 0.2) is 65.6 Å². The molecular weight excluding hydrogens is 644 g/mol. The van der Waals surface area contributed by atoms with Gasteiger partial charge in [0.15, 0.2) is 11.5 Å². The van der Waals surface area contributed by atoms with E-state index in [0.717, 1.165) is 42.1 Å². The van der Waals surface area contributed by atoms with E-state index in [1.54, 1.807) is 25.1 Å². The number of benzene rings is 3. The normalized spacial score (nSPS) is 14.1. The lowest BCUT2D eigenvalue weighted by Gasteiger charge is -2.34. The number of hydrogen-bond acceptors (Lipinski definition) is 6. The zero-order chi connectivity index (χ0) is 32.7. The van der Waals surface area contributed by atoms with Gasteiger partial charge < -0.3 is 19.7 Å². The Hall–Kier alpha value is -3.54. The van der Waals surface area contributed by atoms with E-state index in [0.29, 0.717) is 16.3 Å². The lowest BCUT2D eigenvalue weighted by Crippen LogP contribution is -2.53. The van der Waals surface area contributed by atoms with Crippen LogP contribution in [-0.4, -0.2) is 58.0 Å². The molecule has 0 aromatic heterocycles. The largest absolute Gasteiger partial charge is 0.493 e. The first-order valence-electron chi connectivity index (χ1n) is 14.5. The first kappa shape index (κ1) is 34.3. The first-order chi connectivity index (χ1) is 21.5. The molecule has 1 atom stereocenters. The van der Waals surface area contributed by atoms with Crippen LogP contribution in [0.25, 0.3) is 0 Å². The molecule has 242 valence electrons. The predicted octanol–water partition coefficient (Wildman–Crippen LogP) is 6.21. The molecule has 1 aliphatic carbocycles. The molecule has 9 nitrogen and oxygen atoms in total. The second-order valence-corrected chi connectivity index (χ2v) is 13.4. The van der Waals surface area contributed by atoms with Gasteiger partial charge in [-0.3, -0.25) is 13.9 Å². The number of amides is 2. The number of carbonyl (C=O) groups excluding carboxylic acids is 2. The lowest BCUT2D eigenvalue weighted by atomic mass is 10.1. The summed E-state index contributed by atoms with van der Waals surface area (Å²) in [7, 11) is -1.63. The van der Waals surface area contributed by atoms with Crippen molar-refractivity contribution in [3.63, 3.8) is 0 Å². The third-order valence-corrected chi connectivity index (χ3v) is 10.3. The van der Waals surface area contributed by atoms with Crippen LogP contribution >= 0.6 is 23.2 Å². The number of methoxy groups -OCH3 is 2. The average Bonchev–Trinajstić information content (AvgIpc) is 3.54. The summed E-state index contributed by atoms with van der Waals surface area (Å²) in [5.74, 6) is -1.08. The molecule has 0 heterocycles. The van der Waals surface area contributed by atoms with Gasteiger partial charge in [0.25, 0.3) is 10.0 Å². The van der Waals surface area contributed by atoms with Gasteiger partial charge in [-0.15, -0.1) is 0 Å². The number of ether oxygens (including phenoxy) is 2. The number of rotatable bonds is 13. The van der Waals surface area contributed by atoms with Gasteiger partial charge in [0.1, 0.15) is 18.4 Å². The molecule has 4 rings (SSSR count). The highest BCUT2D eigenvalue weighted by Gasteiger charge is 2.35. The second-order valence-electron chi connectivity index (χ2n) is 10.7. The Balaban J connectivity index is 1.75. The third kappa shape index (κ3) is 8.19. The Labute approximate surface area is 273 Å².